The monoisotopic (exact) mass is 407 g/mol. The summed E-state index contributed by atoms with van der Waals surface area (Å²) in [4.78, 5) is 38.4. The lowest BCUT2D eigenvalue weighted by Gasteiger charge is -2.44. The van der Waals surface area contributed by atoms with Crippen LogP contribution in [0, 0.1) is 23.7 Å². The zero-order valence-electron chi connectivity index (χ0n) is 16.4. The van der Waals surface area contributed by atoms with Gasteiger partial charge >= 0.3 is 6.09 Å². The molecule has 29 heavy (non-hydrogen) atoms. The van der Waals surface area contributed by atoms with Crippen LogP contribution >= 0.6 is 0 Å². The lowest BCUT2D eigenvalue weighted by molar-refractivity contribution is -0.271. The van der Waals surface area contributed by atoms with Gasteiger partial charge in [0.05, 0.1) is 18.9 Å². The fourth-order valence-corrected chi connectivity index (χ4v) is 5.26. The third-order valence-electron chi connectivity index (χ3n) is 6.51. The number of aliphatic hydroxyl groups excluding tert-OH is 1. The van der Waals surface area contributed by atoms with E-state index >= 15 is 0 Å². The third kappa shape index (κ3) is 2.91. The number of nitrogens with zero attached hydrogens (tertiary/aromatic N) is 1. The van der Waals surface area contributed by atoms with Gasteiger partial charge in [-0.25, -0.2) is 4.79 Å². The number of amides is 3. The average molecular weight is 407 g/mol. The molecule has 0 spiro atoms. The second kappa shape index (κ2) is 7.23. The zero-order chi connectivity index (χ0) is 20.9. The molecule has 9 nitrogen and oxygen atoms in total. The summed E-state index contributed by atoms with van der Waals surface area (Å²) in [7, 11) is 1.12. The number of methoxy groups -OCH3 is 1. The second-order valence-electron chi connectivity index (χ2n) is 8.00. The van der Waals surface area contributed by atoms with E-state index in [1.54, 1.807) is 12.1 Å². The van der Waals surface area contributed by atoms with E-state index in [0.29, 0.717) is 22.8 Å². The fourth-order valence-electron chi connectivity index (χ4n) is 5.26. The molecular formula is C20H25NO8. The maximum atomic E-state index is 13.0. The van der Waals surface area contributed by atoms with E-state index in [2.05, 4.69) is 4.74 Å². The topological polar surface area (TPSA) is 127 Å². The van der Waals surface area contributed by atoms with Crippen LogP contribution in [0.25, 0.3) is 0 Å². The average Bonchev–Trinajstić information content (AvgIpc) is 3.37. The minimum atomic E-state index is -1.60. The fraction of sp³-hybridized carbons (Fsp3) is 0.650. The molecule has 1 saturated carbocycles. The molecule has 2 aliphatic heterocycles. The minimum absolute atomic E-state index is 0.259. The van der Waals surface area contributed by atoms with Crippen LogP contribution in [-0.2, 0) is 25.7 Å². The van der Waals surface area contributed by atoms with Crippen molar-refractivity contribution in [2.24, 2.45) is 23.7 Å². The van der Waals surface area contributed by atoms with Gasteiger partial charge in [-0.15, -0.1) is 0 Å². The Balaban J connectivity index is 1.70. The summed E-state index contributed by atoms with van der Waals surface area (Å²) in [5.74, 6) is -4.54. The van der Waals surface area contributed by atoms with Crippen molar-refractivity contribution in [1.29, 1.82) is 0 Å². The Hall–Kier alpha value is -2.23. The number of carbonyl (C=O) groups is 3. The van der Waals surface area contributed by atoms with Crippen LogP contribution in [0.3, 0.4) is 0 Å². The maximum absolute atomic E-state index is 13.0. The van der Waals surface area contributed by atoms with Gasteiger partial charge < -0.3 is 24.1 Å². The van der Waals surface area contributed by atoms with Gasteiger partial charge in [-0.3, -0.25) is 9.59 Å². The number of imide groups is 3. The Morgan fingerprint density at radius 2 is 2.07 bits per heavy atom. The number of hydrogen-bond donors (Lipinski definition) is 2. The molecule has 2 N–H and O–H groups in total. The number of aliphatic hydroxyl groups is 2. The normalized spacial score (nSPS) is 36.3. The molecule has 4 rings (SSSR count). The molecule has 3 aliphatic rings. The van der Waals surface area contributed by atoms with Crippen LogP contribution in [0.2, 0.25) is 0 Å². The smallest absolute Gasteiger partial charge is 0.423 e. The predicted octanol–water partition coefficient (Wildman–Crippen LogP) is 1.73. The molecule has 0 bridgehead atoms. The number of carbonyl (C=O) groups excluding carboxylic acids is 3. The Morgan fingerprint density at radius 3 is 2.69 bits per heavy atom. The van der Waals surface area contributed by atoms with Crippen LogP contribution in [0.5, 0.6) is 0 Å². The first kappa shape index (κ1) is 20.1. The largest absolute Gasteiger partial charge is 0.461 e. The lowest BCUT2D eigenvalue weighted by atomic mass is 9.63. The van der Waals surface area contributed by atoms with E-state index in [-0.39, 0.29) is 25.4 Å². The van der Waals surface area contributed by atoms with Gasteiger partial charge in [-0.1, -0.05) is 13.3 Å². The van der Waals surface area contributed by atoms with Crippen molar-refractivity contribution in [3.05, 3.63) is 23.7 Å². The van der Waals surface area contributed by atoms with Gasteiger partial charge in [0.1, 0.15) is 24.2 Å². The summed E-state index contributed by atoms with van der Waals surface area (Å²) in [5, 5.41) is 20.8. The molecule has 2 saturated heterocycles. The maximum Gasteiger partial charge on any atom is 0.423 e. The van der Waals surface area contributed by atoms with Crippen LogP contribution in [0.4, 0.5) is 4.79 Å². The van der Waals surface area contributed by atoms with E-state index in [1.807, 2.05) is 6.92 Å². The predicted molar refractivity (Wildman–Crippen MR) is 95.8 cm³/mol. The van der Waals surface area contributed by atoms with Gasteiger partial charge in [-0.2, -0.15) is 4.90 Å². The van der Waals surface area contributed by atoms with Crippen LogP contribution in [-0.4, -0.2) is 45.9 Å². The zero-order valence-corrected chi connectivity index (χ0v) is 16.4. The molecule has 6 atom stereocenters. The SMILES string of the molecule is CCC[C@H]1C[C@@H]2C(=O)N(C(=O)OC)C(=O)[C@@H]2[C@@H]2C[C@@H](c3ccc(CO)o3)O[C@]12O. The van der Waals surface area contributed by atoms with Crippen molar-refractivity contribution in [3.8, 4) is 0 Å². The summed E-state index contributed by atoms with van der Waals surface area (Å²) in [5.41, 5.74) is 0. The van der Waals surface area contributed by atoms with E-state index < -0.39 is 47.6 Å². The van der Waals surface area contributed by atoms with Crippen molar-refractivity contribution in [3.63, 3.8) is 0 Å². The van der Waals surface area contributed by atoms with E-state index in [1.165, 1.54) is 0 Å². The molecule has 3 heterocycles. The number of furan rings is 1. The molecule has 3 fully saturated rings. The Labute approximate surface area is 167 Å². The minimum Gasteiger partial charge on any atom is -0.461 e. The molecule has 158 valence electrons. The Kier molecular flexibility index (Phi) is 5.00. The van der Waals surface area contributed by atoms with Crippen LogP contribution < -0.4 is 0 Å². The number of ether oxygens (including phenoxy) is 2. The Bertz CT molecular complexity index is 834. The highest BCUT2D eigenvalue weighted by Crippen LogP contribution is 2.59. The van der Waals surface area contributed by atoms with Crippen LogP contribution in [0.1, 0.15) is 50.2 Å². The van der Waals surface area contributed by atoms with Gasteiger partial charge in [0, 0.05) is 11.8 Å². The number of likely N-dealkylation sites (tertiary alicyclic amines) is 1. The number of hydrogen-bond acceptors (Lipinski definition) is 8. The van der Waals surface area contributed by atoms with Gasteiger partial charge in [-0.05, 0) is 31.4 Å². The van der Waals surface area contributed by atoms with Gasteiger partial charge in [0.15, 0.2) is 5.79 Å². The highest BCUT2D eigenvalue weighted by atomic mass is 16.6. The van der Waals surface area contributed by atoms with E-state index in [9.17, 15) is 24.6 Å². The lowest BCUT2D eigenvalue weighted by Crippen LogP contribution is -2.53. The van der Waals surface area contributed by atoms with Crippen molar-refractivity contribution in [1.82, 2.24) is 4.90 Å². The summed E-state index contributed by atoms with van der Waals surface area (Å²) >= 11 is 0. The summed E-state index contributed by atoms with van der Waals surface area (Å²) in [6.07, 6.45) is 0.296. The van der Waals surface area contributed by atoms with Crippen molar-refractivity contribution < 1.29 is 38.5 Å². The van der Waals surface area contributed by atoms with Gasteiger partial charge in [0.2, 0.25) is 11.8 Å². The van der Waals surface area contributed by atoms with Crippen molar-refractivity contribution >= 4 is 17.9 Å². The molecule has 1 aromatic heterocycles. The number of rotatable bonds is 4. The Morgan fingerprint density at radius 1 is 1.31 bits per heavy atom. The van der Waals surface area contributed by atoms with Gasteiger partial charge in [0.25, 0.3) is 0 Å². The van der Waals surface area contributed by atoms with Crippen LogP contribution in [0.15, 0.2) is 16.5 Å². The highest BCUT2D eigenvalue weighted by Gasteiger charge is 2.67. The van der Waals surface area contributed by atoms with E-state index in [0.717, 1.165) is 13.5 Å². The second-order valence-corrected chi connectivity index (χ2v) is 8.00. The molecule has 0 radical (unpaired) electrons. The first-order valence-electron chi connectivity index (χ1n) is 9.91. The summed E-state index contributed by atoms with van der Waals surface area (Å²) in [6, 6.07) is 3.30. The third-order valence-corrected chi connectivity index (χ3v) is 6.51. The molecule has 0 unspecified atom stereocenters. The summed E-state index contributed by atoms with van der Waals surface area (Å²) in [6.45, 7) is 1.71. The molecule has 3 amide bonds. The van der Waals surface area contributed by atoms with E-state index in [4.69, 9.17) is 9.15 Å². The van der Waals surface area contributed by atoms with Crippen molar-refractivity contribution in [2.75, 3.05) is 7.11 Å². The first-order valence-corrected chi connectivity index (χ1v) is 9.91. The molecule has 0 aromatic carbocycles. The molecular weight excluding hydrogens is 382 g/mol. The molecule has 9 heteroatoms. The van der Waals surface area contributed by atoms with Crippen molar-refractivity contribution in [2.45, 2.75) is 51.1 Å². The quantitative estimate of drug-likeness (QED) is 0.723. The molecule has 1 aliphatic carbocycles. The first-order chi connectivity index (χ1) is 13.8. The standard InChI is InChI=1S/C20H25NO8/c1-3-4-10-7-12-16(18(24)21(17(12)23)19(25)27-2)13-8-15(29-20(10,13)26)14-6-5-11(9-22)28-14/h5-6,10,12-13,15-16,22,26H,3-4,7-9H2,1-2H3/t10-,12-,13-,15-,16-,20+/m0/s1. The number of fused-ring (bicyclic) bond motifs is 3. The summed E-state index contributed by atoms with van der Waals surface area (Å²) < 4.78 is 16.2. The molecule has 1 aromatic rings. The highest BCUT2D eigenvalue weighted by molar-refractivity contribution is 6.15.